The Morgan fingerprint density at radius 2 is 1.02 bits per heavy atom. The number of rotatable bonds is 4. The molecule has 0 heterocycles. The summed E-state index contributed by atoms with van der Waals surface area (Å²) in [4.78, 5) is 2.58. The van der Waals surface area contributed by atoms with Crippen molar-refractivity contribution >= 4 is 11.4 Å². The van der Waals surface area contributed by atoms with E-state index in [1.54, 1.807) is 0 Å². The number of fused-ring (bicyclic) bond motifs is 13. The Bertz CT molecular complexity index is 2420. The topological polar surface area (TPSA) is 3.24 Å². The predicted molar refractivity (Wildman–Crippen MR) is 200 cm³/mol. The second-order valence-corrected chi connectivity index (χ2v) is 14.8. The minimum Gasteiger partial charge on any atom is -0.314 e. The summed E-state index contributed by atoms with van der Waals surface area (Å²) in [5.74, 6) is 2.42. The van der Waals surface area contributed by atoms with Crippen LogP contribution in [-0.4, -0.2) is 0 Å². The molecule has 6 aliphatic carbocycles. The second-order valence-electron chi connectivity index (χ2n) is 14.8. The van der Waals surface area contributed by atoms with Crippen LogP contribution >= 0.6 is 0 Å². The first kappa shape index (κ1) is 26.3. The molecule has 2 fully saturated rings. The normalized spacial score (nSPS) is 25.8. The molecule has 230 valence electrons. The van der Waals surface area contributed by atoms with Gasteiger partial charge in [0.05, 0.1) is 5.41 Å². The Morgan fingerprint density at radius 3 is 1.69 bits per heavy atom. The molecule has 0 saturated heterocycles. The molecule has 0 aliphatic heterocycles. The highest BCUT2D eigenvalue weighted by Crippen LogP contribution is 2.87. The van der Waals surface area contributed by atoms with Gasteiger partial charge >= 0.3 is 0 Å². The van der Waals surface area contributed by atoms with Crippen LogP contribution in [0.2, 0.25) is 0 Å². The van der Waals surface area contributed by atoms with E-state index < -0.39 is 0 Å². The van der Waals surface area contributed by atoms with E-state index in [1.165, 1.54) is 72.7 Å². The summed E-state index contributed by atoms with van der Waals surface area (Å²) < 4.78 is 0. The average Bonchev–Trinajstić information content (AvgIpc) is 3.95. The van der Waals surface area contributed by atoms with E-state index in [0.29, 0.717) is 11.3 Å². The largest absolute Gasteiger partial charge is 0.314 e. The highest BCUT2D eigenvalue weighted by molar-refractivity contribution is 5.96. The van der Waals surface area contributed by atoms with Crippen LogP contribution in [0, 0.1) is 29.1 Å². The highest BCUT2D eigenvalue weighted by Gasteiger charge is 2.83. The molecule has 1 nitrogen and oxygen atoms in total. The average molecular weight is 624 g/mol. The van der Waals surface area contributed by atoms with Crippen molar-refractivity contribution < 1.29 is 0 Å². The quantitative estimate of drug-likeness (QED) is 0.176. The summed E-state index contributed by atoms with van der Waals surface area (Å²) >= 11 is 0. The van der Waals surface area contributed by atoms with Gasteiger partial charge in [-0.25, -0.2) is 0 Å². The van der Waals surface area contributed by atoms with E-state index in [9.17, 15) is 0 Å². The molecule has 6 aliphatic rings. The zero-order chi connectivity index (χ0) is 31.9. The number of nitrogens with zero attached hydrogens (tertiary/aromatic N) is 1. The van der Waals surface area contributed by atoms with Crippen LogP contribution < -0.4 is 4.90 Å². The molecule has 12 rings (SSSR count). The molecule has 2 spiro atoms. The van der Waals surface area contributed by atoms with E-state index in [2.05, 4.69) is 181 Å². The molecule has 49 heavy (non-hydrogen) atoms. The Kier molecular flexibility index (Phi) is 4.87. The Morgan fingerprint density at radius 1 is 0.449 bits per heavy atom. The molecule has 0 N–H and O–H groups in total. The summed E-state index contributed by atoms with van der Waals surface area (Å²) in [5.41, 5.74) is 17.2. The van der Waals surface area contributed by atoms with Gasteiger partial charge in [-0.05, 0) is 97.7 Å². The Labute approximate surface area is 287 Å². The predicted octanol–water partition coefficient (Wildman–Crippen LogP) is 11.3. The van der Waals surface area contributed by atoms with Crippen LogP contribution in [0.25, 0.3) is 33.4 Å². The molecule has 5 unspecified atom stereocenters. The maximum absolute atomic E-state index is 2.64. The van der Waals surface area contributed by atoms with E-state index >= 15 is 0 Å². The molecular formula is C48H33N. The summed E-state index contributed by atoms with van der Waals surface area (Å²) in [5, 5.41) is 0. The Balaban J connectivity index is 1.10. The molecule has 2 bridgehead atoms. The first-order valence-corrected chi connectivity index (χ1v) is 17.8. The lowest BCUT2D eigenvalue weighted by Crippen LogP contribution is -2.27. The third-order valence-electron chi connectivity index (χ3n) is 12.8. The lowest BCUT2D eigenvalue weighted by atomic mass is 9.70. The summed E-state index contributed by atoms with van der Waals surface area (Å²) in [6.07, 6.45) is 12.7. The maximum Gasteiger partial charge on any atom is 0.0726 e. The maximum atomic E-state index is 2.64. The fourth-order valence-electron chi connectivity index (χ4n) is 10.6. The third kappa shape index (κ3) is 3.17. The van der Waals surface area contributed by atoms with Crippen molar-refractivity contribution in [1.29, 1.82) is 0 Å². The third-order valence-corrected chi connectivity index (χ3v) is 12.8. The molecule has 0 aromatic heterocycles. The zero-order valence-electron chi connectivity index (χ0n) is 27.0. The molecule has 6 aromatic carbocycles. The van der Waals surface area contributed by atoms with Gasteiger partial charge in [0.25, 0.3) is 0 Å². The molecule has 0 radical (unpaired) electrons. The van der Waals surface area contributed by atoms with Gasteiger partial charge in [0.15, 0.2) is 0 Å². The SMILES string of the molecule is C1=CC2C3C4C=C(N(c5ccc(-c6ccccc6)cc5)c5ccc6c(c5)C5(c7ccccc7-c7ccccc75)c5ccccc5-6)C1C=CC243. The van der Waals surface area contributed by atoms with Crippen molar-refractivity contribution in [2.45, 2.75) is 5.41 Å². The van der Waals surface area contributed by atoms with Gasteiger partial charge in [0.1, 0.15) is 0 Å². The number of hydrogen-bond acceptors (Lipinski definition) is 1. The summed E-state index contributed by atoms with van der Waals surface area (Å²) in [7, 11) is 0. The molecule has 1 heteroatoms. The molecule has 0 amide bonds. The highest BCUT2D eigenvalue weighted by atomic mass is 15.2. The van der Waals surface area contributed by atoms with Gasteiger partial charge in [-0.3, -0.25) is 0 Å². The van der Waals surface area contributed by atoms with Gasteiger partial charge < -0.3 is 4.90 Å². The van der Waals surface area contributed by atoms with Crippen LogP contribution in [0.5, 0.6) is 0 Å². The monoisotopic (exact) mass is 623 g/mol. The fourth-order valence-corrected chi connectivity index (χ4v) is 10.6. The van der Waals surface area contributed by atoms with E-state index in [0.717, 1.165) is 11.8 Å². The van der Waals surface area contributed by atoms with Gasteiger partial charge in [-0.15, -0.1) is 0 Å². The van der Waals surface area contributed by atoms with Crippen LogP contribution in [0.1, 0.15) is 22.3 Å². The number of benzene rings is 6. The van der Waals surface area contributed by atoms with Crippen LogP contribution in [0.3, 0.4) is 0 Å². The minimum absolute atomic E-state index is 0.247. The van der Waals surface area contributed by atoms with Crippen molar-refractivity contribution in [3.8, 4) is 33.4 Å². The zero-order valence-corrected chi connectivity index (χ0v) is 27.0. The first-order chi connectivity index (χ1) is 24.3. The van der Waals surface area contributed by atoms with Crippen LogP contribution in [0.15, 0.2) is 182 Å². The first-order valence-electron chi connectivity index (χ1n) is 17.8. The molecule has 2 saturated carbocycles. The van der Waals surface area contributed by atoms with Crippen molar-refractivity contribution in [3.63, 3.8) is 0 Å². The van der Waals surface area contributed by atoms with E-state index in [4.69, 9.17) is 0 Å². The van der Waals surface area contributed by atoms with Crippen molar-refractivity contribution in [3.05, 3.63) is 204 Å². The molecule has 5 atom stereocenters. The fraction of sp³-hybridized carbons (Fsp3) is 0.125. The molecule has 6 aromatic rings. The summed E-state index contributed by atoms with van der Waals surface area (Å²) in [6.45, 7) is 0. The number of hydrogen-bond donors (Lipinski definition) is 0. The number of anilines is 2. The van der Waals surface area contributed by atoms with E-state index in [-0.39, 0.29) is 11.3 Å². The Hall–Kier alpha value is -5.66. The van der Waals surface area contributed by atoms with Gasteiger partial charge in [0.2, 0.25) is 0 Å². The lowest BCUT2D eigenvalue weighted by molar-refractivity contribution is 0.555. The lowest BCUT2D eigenvalue weighted by Gasteiger charge is -2.34. The van der Waals surface area contributed by atoms with Crippen molar-refractivity contribution in [1.82, 2.24) is 0 Å². The van der Waals surface area contributed by atoms with Crippen molar-refractivity contribution in [2.75, 3.05) is 4.90 Å². The van der Waals surface area contributed by atoms with Crippen LogP contribution in [0.4, 0.5) is 11.4 Å². The number of allylic oxidation sites excluding steroid dienone is 4. The van der Waals surface area contributed by atoms with Gasteiger partial charge in [-0.2, -0.15) is 0 Å². The van der Waals surface area contributed by atoms with Crippen molar-refractivity contribution in [2.24, 2.45) is 29.1 Å². The minimum atomic E-state index is -0.365. The van der Waals surface area contributed by atoms with Gasteiger partial charge in [0, 0.05) is 28.4 Å². The summed E-state index contributed by atoms with van der Waals surface area (Å²) in [6, 6.07) is 54.6. The standard InChI is InChI=1S/C48H33N/c1-2-10-30(11-3-1)31-18-21-33(22-19-31)49(45-29-44-46-42-25-20-32(45)26-27-47(42,44)46)34-23-24-38-37-14-6-9-17-41(37)48(43(38)28-34)39-15-7-4-12-35(39)36-13-5-8-16-40(36)48/h1-29,32,42,44,46H. The smallest absolute Gasteiger partial charge is 0.0726 e. The second kappa shape index (κ2) is 9.07. The van der Waals surface area contributed by atoms with Crippen LogP contribution in [-0.2, 0) is 5.41 Å². The van der Waals surface area contributed by atoms with E-state index in [1.807, 2.05) is 0 Å². The van der Waals surface area contributed by atoms with Gasteiger partial charge in [-0.1, -0.05) is 152 Å². The molecular weight excluding hydrogens is 591 g/mol.